The molecule has 0 saturated heterocycles. The number of ketones is 1. The second-order valence-corrected chi connectivity index (χ2v) is 5.73. The van der Waals surface area contributed by atoms with Crippen LogP contribution < -0.4 is 14.8 Å². The zero-order valence-electron chi connectivity index (χ0n) is 16.3. The van der Waals surface area contributed by atoms with Crippen LogP contribution in [0, 0.1) is 6.92 Å². The zero-order valence-corrected chi connectivity index (χ0v) is 16.3. The molecule has 0 radical (unpaired) electrons. The van der Waals surface area contributed by atoms with Crippen LogP contribution in [0.25, 0.3) is 0 Å². The van der Waals surface area contributed by atoms with E-state index in [1.807, 2.05) is 6.92 Å². The number of furan rings is 1. The number of carbonyl (C=O) groups is 3. The molecule has 0 unspecified atom stereocenters. The van der Waals surface area contributed by atoms with Crippen LogP contribution in [0.2, 0.25) is 0 Å². The summed E-state index contributed by atoms with van der Waals surface area (Å²) >= 11 is 0. The predicted molar refractivity (Wildman–Crippen MR) is 101 cm³/mol. The van der Waals surface area contributed by atoms with Gasteiger partial charge in [0.05, 0.1) is 18.8 Å². The van der Waals surface area contributed by atoms with Crippen LogP contribution in [0.3, 0.4) is 0 Å². The summed E-state index contributed by atoms with van der Waals surface area (Å²) in [7, 11) is 0. The van der Waals surface area contributed by atoms with E-state index in [0.29, 0.717) is 18.1 Å². The molecule has 1 aromatic heterocycles. The maximum Gasteiger partial charge on any atom is 0.344 e. The van der Waals surface area contributed by atoms with Gasteiger partial charge in [-0.15, -0.1) is 0 Å². The van der Waals surface area contributed by atoms with Gasteiger partial charge >= 0.3 is 5.97 Å². The highest BCUT2D eigenvalue weighted by Crippen LogP contribution is 2.29. The summed E-state index contributed by atoms with van der Waals surface area (Å²) < 4.78 is 21.3. The molecule has 0 bridgehead atoms. The number of esters is 1. The summed E-state index contributed by atoms with van der Waals surface area (Å²) in [5, 5.41) is 2.46. The third kappa shape index (κ3) is 4.91. The summed E-state index contributed by atoms with van der Waals surface area (Å²) in [6.45, 7) is 6.54. The van der Waals surface area contributed by atoms with Crippen molar-refractivity contribution in [2.45, 2.75) is 27.7 Å². The fraction of sp³-hybridized carbons (Fsp3) is 0.350. The number of ether oxygens (including phenoxy) is 3. The monoisotopic (exact) mass is 389 g/mol. The predicted octanol–water partition coefficient (Wildman–Crippen LogP) is 3.38. The Morgan fingerprint density at radius 1 is 1.00 bits per heavy atom. The van der Waals surface area contributed by atoms with Crippen LogP contribution in [-0.4, -0.2) is 37.5 Å². The lowest BCUT2D eigenvalue weighted by molar-refractivity contribution is -0.118. The fourth-order valence-electron chi connectivity index (χ4n) is 2.60. The largest absolute Gasteiger partial charge is 0.490 e. The number of para-hydroxylation sites is 2. The molecule has 0 spiro atoms. The molecule has 1 N–H and O–H groups in total. The van der Waals surface area contributed by atoms with Crippen LogP contribution in [0.1, 0.15) is 47.2 Å². The molecule has 0 aliphatic heterocycles. The van der Waals surface area contributed by atoms with Crippen molar-refractivity contribution in [2.75, 3.05) is 25.1 Å². The van der Waals surface area contributed by atoms with E-state index in [0.717, 1.165) is 0 Å². The highest BCUT2D eigenvalue weighted by atomic mass is 16.5. The second-order valence-electron chi connectivity index (χ2n) is 5.73. The lowest BCUT2D eigenvalue weighted by Gasteiger charge is -2.11. The van der Waals surface area contributed by atoms with Crippen molar-refractivity contribution in [1.82, 2.24) is 0 Å². The Labute approximate surface area is 162 Å². The minimum Gasteiger partial charge on any atom is -0.490 e. The molecule has 8 heteroatoms. The number of hydrogen-bond acceptors (Lipinski definition) is 7. The maximum atomic E-state index is 12.3. The van der Waals surface area contributed by atoms with Gasteiger partial charge in [-0.25, -0.2) is 4.79 Å². The van der Waals surface area contributed by atoms with E-state index in [4.69, 9.17) is 18.6 Å². The number of nitrogens with one attached hydrogen (secondary N) is 1. The smallest absolute Gasteiger partial charge is 0.344 e. The number of rotatable bonds is 9. The molecule has 1 heterocycles. The normalized spacial score (nSPS) is 10.3. The summed E-state index contributed by atoms with van der Waals surface area (Å²) in [6.07, 6.45) is 0. The van der Waals surface area contributed by atoms with E-state index in [2.05, 4.69) is 5.32 Å². The zero-order chi connectivity index (χ0) is 20.7. The minimum absolute atomic E-state index is 0.0800. The minimum atomic E-state index is -0.748. The Morgan fingerprint density at radius 3 is 2.21 bits per heavy atom. The summed E-state index contributed by atoms with van der Waals surface area (Å²) in [6, 6.07) is 6.94. The van der Waals surface area contributed by atoms with Crippen LogP contribution >= 0.6 is 0 Å². The highest BCUT2D eigenvalue weighted by Gasteiger charge is 2.28. The van der Waals surface area contributed by atoms with Gasteiger partial charge in [0, 0.05) is 0 Å². The van der Waals surface area contributed by atoms with Crippen molar-refractivity contribution in [3.8, 4) is 11.5 Å². The Balaban J connectivity index is 2.17. The molecule has 0 aliphatic rings. The molecule has 150 valence electrons. The first-order valence-electron chi connectivity index (χ1n) is 8.84. The van der Waals surface area contributed by atoms with Gasteiger partial charge in [0.15, 0.2) is 23.9 Å². The fourth-order valence-corrected chi connectivity index (χ4v) is 2.60. The van der Waals surface area contributed by atoms with E-state index in [1.54, 1.807) is 31.2 Å². The topological polar surface area (TPSA) is 104 Å². The van der Waals surface area contributed by atoms with Gasteiger partial charge < -0.3 is 18.6 Å². The van der Waals surface area contributed by atoms with Gasteiger partial charge in [0.2, 0.25) is 5.88 Å². The van der Waals surface area contributed by atoms with Gasteiger partial charge in [-0.3, -0.25) is 14.9 Å². The van der Waals surface area contributed by atoms with Crippen LogP contribution in [0.5, 0.6) is 11.5 Å². The van der Waals surface area contributed by atoms with Crippen molar-refractivity contribution < 1.29 is 33.0 Å². The molecule has 1 amide bonds. The SMILES string of the molecule is CCOC(=O)c1c(NC(=O)COc2ccccc2OCC)oc(C)c1C(C)=O. The number of benzene rings is 1. The molecule has 8 nitrogen and oxygen atoms in total. The first-order valence-corrected chi connectivity index (χ1v) is 8.84. The van der Waals surface area contributed by atoms with Gasteiger partial charge in [-0.1, -0.05) is 12.1 Å². The third-order valence-corrected chi connectivity index (χ3v) is 3.68. The number of aryl methyl sites for hydroxylation is 1. The van der Waals surface area contributed by atoms with Gasteiger partial charge in [0.25, 0.3) is 5.91 Å². The Bertz CT molecular complexity index is 869. The van der Waals surface area contributed by atoms with Crippen molar-refractivity contribution in [3.63, 3.8) is 0 Å². The van der Waals surface area contributed by atoms with Crippen LogP contribution in [-0.2, 0) is 9.53 Å². The van der Waals surface area contributed by atoms with Gasteiger partial charge in [-0.2, -0.15) is 0 Å². The summed E-state index contributed by atoms with van der Waals surface area (Å²) in [5.41, 5.74) is -0.0220. The van der Waals surface area contributed by atoms with Crippen LogP contribution in [0.4, 0.5) is 5.88 Å². The Hall–Kier alpha value is -3.29. The molecule has 2 aromatic rings. The molecule has 0 atom stereocenters. The van der Waals surface area contributed by atoms with Crippen molar-refractivity contribution in [3.05, 3.63) is 41.2 Å². The number of hydrogen-bond donors (Lipinski definition) is 1. The van der Waals surface area contributed by atoms with E-state index in [9.17, 15) is 14.4 Å². The van der Waals surface area contributed by atoms with Crippen molar-refractivity contribution in [2.24, 2.45) is 0 Å². The average molecular weight is 389 g/mol. The second kappa shape index (κ2) is 9.59. The quantitative estimate of drug-likeness (QED) is 0.518. The van der Waals surface area contributed by atoms with Crippen LogP contribution in [0.15, 0.2) is 28.7 Å². The number of carbonyl (C=O) groups excluding carboxylic acids is 3. The van der Waals surface area contributed by atoms with Gasteiger partial charge in [0.1, 0.15) is 11.3 Å². The summed E-state index contributed by atoms with van der Waals surface area (Å²) in [4.78, 5) is 36.4. The lowest BCUT2D eigenvalue weighted by atomic mass is 10.1. The van der Waals surface area contributed by atoms with E-state index in [1.165, 1.54) is 13.8 Å². The van der Waals surface area contributed by atoms with Crippen molar-refractivity contribution >= 4 is 23.5 Å². The molecular formula is C20H23NO7. The number of anilines is 1. The Morgan fingerprint density at radius 2 is 1.64 bits per heavy atom. The molecular weight excluding hydrogens is 366 g/mol. The number of Topliss-reactive ketones (excluding diaryl/α,β-unsaturated/α-hetero) is 1. The van der Waals surface area contributed by atoms with E-state index >= 15 is 0 Å². The maximum absolute atomic E-state index is 12.3. The molecule has 0 saturated carbocycles. The molecule has 0 fully saturated rings. The first kappa shape index (κ1) is 21.0. The highest BCUT2D eigenvalue weighted by molar-refractivity contribution is 6.10. The molecule has 1 aromatic carbocycles. The first-order chi connectivity index (χ1) is 13.4. The van der Waals surface area contributed by atoms with Crippen molar-refractivity contribution in [1.29, 1.82) is 0 Å². The standard InChI is InChI=1S/C20H23NO7/c1-5-25-14-9-7-8-10-15(14)27-11-16(23)21-19-18(20(24)26-6-2)17(12(3)22)13(4)28-19/h7-10H,5-6,11H2,1-4H3,(H,21,23). The Kier molecular flexibility index (Phi) is 7.20. The van der Waals surface area contributed by atoms with E-state index in [-0.39, 0.29) is 41.8 Å². The lowest BCUT2D eigenvalue weighted by Crippen LogP contribution is -2.22. The summed E-state index contributed by atoms with van der Waals surface area (Å²) in [5.74, 6) is -0.695. The number of amides is 1. The molecule has 28 heavy (non-hydrogen) atoms. The molecule has 0 aliphatic carbocycles. The van der Waals surface area contributed by atoms with Gasteiger partial charge in [-0.05, 0) is 39.8 Å². The molecule has 2 rings (SSSR count). The van der Waals surface area contributed by atoms with E-state index < -0.39 is 11.9 Å². The average Bonchev–Trinajstić information content (AvgIpc) is 2.97. The third-order valence-electron chi connectivity index (χ3n) is 3.68.